The van der Waals surface area contributed by atoms with Gasteiger partial charge in [-0.15, -0.1) is 0 Å². The topological polar surface area (TPSA) is 63.8 Å². The lowest BCUT2D eigenvalue weighted by molar-refractivity contribution is 0.323. The minimum absolute atomic E-state index is 0.242. The lowest BCUT2D eigenvalue weighted by Gasteiger charge is -2.25. The maximum atomic E-state index is 13.5. The predicted octanol–water partition coefficient (Wildman–Crippen LogP) is 5.92. The average molecular weight is 439 g/mol. The molecule has 0 bridgehead atoms. The van der Waals surface area contributed by atoms with Crippen LogP contribution in [0.3, 0.4) is 0 Å². The van der Waals surface area contributed by atoms with Crippen molar-refractivity contribution < 1.29 is 4.39 Å². The summed E-state index contributed by atoms with van der Waals surface area (Å²) < 4.78 is 13.5. The first-order chi connectivity index (χ1) is 15.0. The monoisotopic (exact) mass is 438 g/mol. The zero-order valence-corrected chi connectivity index (χ0v) is 18.5. The number of hydrogen-bond donors (Lipinski definition) is 2. The molecule has 3 N–H and O–H groups in total. The van der Waals surface area contributed by atoms with Gasteiger partial charge in [0.2, 0.25) is 0 Å². The third-order valence-corrected chi connectivity index (χ3v) is 6.32. The second-order valence-corrected chi connectivity index (χ2v) is 8.89. The van der Waals surface area contributed by atoms with Crippen LogP contribution in [0.25, 0.3) is 11.3 Å². The van der Waals surface area contributed by atoms with Gasteiger partial charge in [-0.05, 0) is 80.3 Å². The summed E-state index contributed by atoms with van der Waals surface area (Å²) in [5.41, 5.74) is 10.6. The van der Waals surface area contributed by atoms with Gasteiger partial charge in [0, 0.05) is 30.0 Å². The molecule has 0 unspecified atom stereocenters. The van der Waals surface area contributed by atoms with Crippen molar-refractivity contribution in [2.45, 2.75) is 51.6 Å². The summed E-state index contributed by atoms with van der Waals surface area (Å²) in [6.07, 6.45) is 7.14. The van der Waals surface area contributed by atoms with Crippen LogP contribution in [0.15, 0.2) is 48.7 Å². The highest BCUT2D eigenvalue weighted by Gasteiger charge is 2.20. The van der Waals surface area contributed by atoms with E-state index in [0.29, 0.717) is 23.5 Å². The summed E-state index contributed by atoms with van der Waals surface area (Å²) in [7, 11) is 0. The van der Waals surface area contributed by atoms with Crippen molar-refractivity contribution in [3.63, 3.8) is 0 Å². The molecule has 162 valence electrons. The van der Waals surface area contributed by atoms with Gasteiger partial charge in [-0.25, -0.2) is 9.37 Å². The van der Waals surface area contributed by atoms with Crippen LogP contribution in [-0.2, 0) is 13.0 Å². The molecule has 1 aliphatic rings. The zero-order valence-electron chi connectivity index (χ0n) is 17.7. The second kappa shape index (κ2) is 9.75. The lowest BCUT2D eigenvalue weighted by atomic mass is 9.83. The maximum absolute atomic E-state index is 13.5. The van der Waals surface area contributed by atoms with Crippen LogP contribution in [0.4, 0.5) is 10.2 Å². The standard InChI is InChI=1S/C25H28ClFN4/c1-16-5-10-24(31-25(16)30-14-18-3-2-4-19(27)11-18)22-13-21(29-15-23(22)26)12-17-6-8-20(28)9-7-17/h2-5,10-11,13,15,17,20H,6-9,12,14,28H2,1H3,(H,30,31). The highest BCUT2D eigenvalue weighted by Crippen LogP contribution is 2.31. The van der Waals surface area contributed by atoms with Gasteiger partial charge >= 0.3 is 0 Å². The van der Waals surface area contributed by atoms with E-state index in [4.69, 9.17) is 22.3 Å². The minimum Gasteiger partial charge on any atom is -0.366 e. The molecule has 0 radical (unpaired) electrons. The van der Waals surface area contributed by atoms with Crippen LogP contribution in [0.1, 0.15) is 42.5 Å². The molecule has 0 amide bonds. The maximum Gasteiger partial charge on any atom is 0.129 e. The molecule has 3 aromatic rings. The van der Waals surface area contributed by atoms with Crippen LogP contribution in [0.2, 0.25) is 5.02 Å². The number of nitrogens with one attached hydrogen (secondary N) is 1. The van der Waals surface area contributed by atoms with Crippen molar-refractivity contribution in [1.29, 1.82) is 0 Å². The molecule has 1 aliphatic carbocycles. The molecule has 1 aromatic carbocycles. The van der Waals surface area contributed by atoms with Crippen molar-refractivity contribution in [3.8, 4) is 11.3 Å². The van der Waals surface area contributed by atoms with Gasteiger partial charge in [0.25, 0.3) is 0 Å². The molecule has 2 aromatic heterocycles. The first-order valence-corrected chi connectivity index (χ1v) is 11.2. The number of aryl methyl sites for hydroxylation is 1. The van der Waals surface area contributed by atoms with Crippen LogP contribution in [-0.4, -0.2) is 16.0 Å². The molecular formula is C25H28ClFN4. The van der Waals surface area contributed by atoms with Gasteiger partial charge < -0.3 is 11.1 Å². The molecule has 0 saturated heterocycles. The molecule has 1 saturated carbocycles. The molecule has 0 aliphatic heterocycles. The van der Waals surface area contributed by atoms with E-state index < -0.39 is 0 Å². The minimum atomic E-state index is -0.242. The molecule has 4 rings (SSSR count). The number of halogens is 2. The summed E-state index contributed by atoms with van der Waals surface area (Å²) in [6, 6.07) is 13.0. The van der Waals surface area contributed by atoms with Crippen molar-refractivity contribution >= 4 is 17.4 Å². The van der Waals surface area contributed by atoms with Gasteiger partial charge in [-0.3, -0.25) is 4.98 Å². The number of benzene rings is 1. The van der Waals surface area contributed by atoms with Crippen LogP contribution < -0.4 is 11.1 Å². The van der Waals surface area contributed by atoms with E-state index >= 15 is 0 Å². The summed E-state index contributed by atoms with van der Waals surface area (Å²) >= 11 is 6.49. The largest absolute Gasteiger partial charge is 0.366 e. The summed E-state index contributed by atoms with van der Waals surface area (Å²) in [6.45, 7) is 2.49. The van der Waals surface area contributed by atoms with Crippen LogP contribution >= 0.6 is 11.6 Å². The fourth-order valence-electron chi connectivity index (χ4n) is 4.17. The highest BCUT2D eigenvalue weighted by atomic mass is 35.5. The van der Waals surface area contributed by atoms with Crippen LogP contribution in [0, 0.1) is 18.7 Å². The van der Waals surface area contributed by atoms with Gasteiger partial charge in [-0.1, -0.05) is 29.8 Å². The summed E-state index contributed by atoms with van der Waals surface area (Å²) in [4.78, 5) is 9.36. The lowest BCUT2D eigenvalue weighted by Crippen LogP contribution is -2.27. The Morgan fingerprint density at radius 1 is 1.13 bits per heavy atom. The SMILES string of the molecule is Cc1ccc(-c2cc(CC3CCC(N)CC3)ncc2Cl)nc1NCc1cccc(F)c1. The predicted molar refractivity (Wildman–Crippen MR) is 125 cm³/mol. The number of nitrogens with zero attached hydrogens (tertiary/aromatic N) is 2. The van der Waals surface area contributed by atoms with Crippen molar-refractivity contribution in [1.82, 2.24) is 9.97 Å². The quantitative estimate of drug-likeness (QED) is 0.501. The Bertz CT molecular complexity index is 1050. The van der Waals surface area contributed by atoms with Gasteiger partial charge in [-0.2, -0.15) is 0 Å². The third-order valence-electron chi connectivity index (χ3n) is 6.02. The molecule has 0 spiro atoms. The Labute approximate surface area is 188 Å². The molecular weight excluding hydrogens is 411 g/mol. The van der Waals surface area contributed by atoms with E-state index in [1.54, 1.807) is 12.3 Å². The zero-order chi connectivity index (χ0) is 21.8. The average Bonchev–Trinajstić information content (AvgIpc) is 2.76. The van der Waals surface area contributed by atoms with Gasteiger partial charge in [0.05, 0.1) is 10.7 Å². The van der Waals surface area contributed by atoms with Gasteiger partial charge in [0.1, 0.15) is 11.6 Å². The second-order valence-electron chi connectivity index (χ2n) is 8.49. The molecule has 1 fully saturated rings. The van der Waals surface area contributed by atoms with Gasteiger partial charge in [0.15, 0.2) is 0 Å². The third kappa shape index (κ3) is 5.60. The van der Waals surface area contributed by atoms with Crippen molar-refractivity contribution in [3.05, 3.63) is 76.3 Å². The Balaban J connectivity index is 1.52. The van der Waals surface area contributed by atoms with E-state index in [-0.39, 0.29) is 5.82 Å². The fourth-order valence-corrected chi connectivity index (χ4v) is 4.37. The number of nitrogens with two attached hydrogens (primary N) is 1. The summed E-state index contributed by atoms with van der Waals surface area (Å²) in [5.74, 6) is 1.14. The van der Waals surface area contributed by atoms with E-state index in [1.165, 1.54) is 12.1 Å². The smallest absolute Gasteiger partial charge is 0.129 e. The van der Waals surface area contributed by atoms with E-state index in [2.05, 4.69) is 16.4 Å². The molecule has 0 atom stereocenters. The molecule has 31 heavy (non-hydrogen) atoms. The Morgan fingerprint density at radius 2 is 1.94 bits per heavy atom. The Morgan fingerprint density at radius 3 is 2.71 bits per heavy atom. The van der Waals surface area contributed by atoms with Crippen LogP contribution in [0.5, 0.6) is 0 Å². The van der Waals surface area contributed by atoms with Crippen molar-refractivity contribution in [2.24, 2.45) is 11.7 Å². The Kier molecular flexibility index (Phi) is 6.83. The number of pyridine rings is 2. The highest BCUT2D eigenvalue weighted by molar-refractivity contribution is 6.33. The number of aromatic nitrogens is 2. The molecule has 2 heterocycles. The van der Waals surface area contributed by atoms with Crippen molar-refractivity contribution in [2.75, 3.05) is 5.32 Å². The number of rotatable bonds is 6. The first-order valence-electron chi connectivity index (χ1n) is 10.8. The first kappa shape index (κ1) is 21.7. The van der Waals surface area contributed by atoms with E-state index in [1.807, 2.05) is 25.1 Å². The number of hydrogen-bond acceptors (Lipinski definition) is 4. The van der Waals surface area contributed by atoms with E-state index in [0.717, 1.165) is 66.0 Å². The van der Waals surface area contributed by atoms with E-state index in [9.17, 15) is 4.39 Å². The molecule has 6 heteroatoms. The summed E-state index contributed by atoms with van der Waals surface area (Å²) in [5, 5.41) is 3.91. The Hall–Kier alpha value is -2.50. The molecule has 4 nitrogen and oxygen atoms in total. The number of anilines is 1. The normalized spacial score (nSPS) is 18.7. The fraction of sp³-hybridized carbons (Fsp3) is 0.360.